The summed E-state index contributed by atoms with van der Waals surface area (Å²) in [6.45, 7) is 0. The largest absolute Gasteiger partial charge is 0.508 e. The molecule has 0 aliphatic carbocycles. The molecule has 1 N–H and O–H groups in total. The fraction of sp³-hybridized carbons (Fsp3) is 0.0667. The first-order valence-electron chi connectivity index (χ1n) is 5.97. The summed E-state index contributed by atoms with van der Waals surface area (Å²) in [5.74, 6) is 0.807. The van der Waals surface area contributed by atoms with Crippen molar-refractivity contribution in [2.75, 3.05) is 7.11 Å². The summed E-state index contributed by atoms with van der Waals surface area (Å²) in [6.07, 6.45) is 1.46. The van der Waals surface area contributed by atoms with Crippen LogP contribution in [0.5, 0.6) is 11.5 Å². The highest BCUT2D eigenvalue weighted by molar-refractivity contribution is 6.33. The molecule has 0 unspecified atom stereocenters. The highest BCUT2D eigenvalue weighted by Gasteiger charge is 2.12. The van der Waals surface area contributed by atoms with Crippen molar-refractivity contribution in [1.82, 2.24) is 9.97 Å². The van der Waals surface area contributed by atoms with Gasteiger partial charge in [-0.25, -0.2) is 9.97 Å². The number of phenols is 1. The average Bonchev–Trinajstić information content (AvgIpc) is 2.48. The minimum Gasteiger partial charge on any atom is -0.508 e. The topological polar surface area (TPSA) is 55.2 Å². The van der Waals surface area contributed by atoms with Crippen molar-refractivity contribution < 1.29 is 9.84 Å². The molecule has 0 atom stereocenters. The lowest BCUT2D eigenvalue weighted by Gasteiger charge is -2.09. The Morgan fingerprint density at radius 2 is 2.00 bits per heavy atom. The number of methoxy groups -OCH3 is 1. The van der Waals surface area contributed by atoms with Crippen molar-refractivity contribution in [3.8, 4) is 22.8 Å². The van der Waals surface area contributed by atoms with Crippen LogP contribution in [0.1, 0.15) is 0 Å². The molecule has 5 heteroatoms. The van der Waals surface area contributed by atoms with Gasteiger partial charge in [-0.1, -0.05) is 23.7 Å². The molecule has 0 saturated heterocycles. The summed E-state index contributed by atoms with van der Waals surface area (Å²) in [4.78, 5) is 8.54. The highest BCUT2D eigenvalue weighted by atomic mass is 35.5. The maximum atomic E-state index is 9.64. The molecule has 100 valence electrons. The number of hydrogen-bond acceptors (Lipinski definition) is 4. The van der Waals surface area contributed by atoms with E-state index in [-0.39, 0.29) is 5.75 Å². The number of halogens is 1. The molecular weight excluding hydrogens is 276 g/mol. The van der Waals surface area contributed by atoms with Gasteiger partial charge in [0.2, 0.25) is 0 Å². The molecule has 0 amide bonds. The quantitative estimate of drug-likeness (QED) is 0.781. The van der Waals surface area contributed by atoms with Gasteiger partial charge in [0.15, 0.2) is 0 Å². The molecule has 2 aromatic carbocycles. The van der Waals surface area contributed by atoms with Crippen LogP contribution in [-0.4, -0.2) is 22.2 Å². The second kappa shape index (κ2) is 4.98. The summed E-state index contributed by atoms with van der Waals surface area (Å²) in [5, 5.41) is 11.0. The van der Waals surface area contributed by atoms with Crippen molar-refractivity contribution >= 4 is 22.5 Å². The average molecular weight is 287 g/mol. The van der Waals surface area contributed by atoms with E-state index in [9.17, 15) is 5.11 Å². The number of aromatic hydroxyl groups is 1. The summed E-state index contributed by atoms with van der Waals surface area (Å²) in [5.41, 5.74) is 2.03. The van der Waals surface area contributed by atoms with E-state index in [1.807, 2.05) is 18.2 Å². The van der Waals surface area contributed by atoms with Gasteiger partial charge in [0, 0.05) is 10.9 Å². The minimum absolute atomic E-state index is 0.138. The zero-order valence-corrected chi connectivity index (χ0v) is 11.4. The van der Waals surface area contributed by atoms with Gasteiger partial charge in [-0.05, 0) is 24.3 Å². The van der Waals surface area contributed by atoms with Crippen molar-refractivity contribution in [3.05, 3.63) is 47.7 Å². The fourth-order valence-corrected chi connectivity index (χ4v) is 2.34. The van der Waals surface area contributed by atoms with Gasteiger partial charge in [0.25, 0.3) is 0 Å². The van der Waals surface area contributed by atoms with E-state index >= 15 is 0 Å². The number of rotatable bonds is 2. The van der Waals surface area contributed by atoms with Crippen LogP contribution in [0.3, 0.4) is 0 Å². The van der Waals surface area contributed by atoms with Crippen LogP contribution in [0, 0.1) is 0 Å². The van der Waals surface area contributed by atoms with E-state index < -0.39 is 0 Å². The van der Waals surface area contributed by atoms with E-state index in [1.54, 1.807) is 19.2 Å². The first-order valence-corrected chi connectivity index (χ1v) is 6.35. The molecule has 1 aromatic heterocycles. The van der Waals surface area contributed by atoms with Crippen molar-refractivity contribution in [1.29, 1.82) is 0 Å². The minimum atomic E-state index is 0.138. The maximum Gasteiger partial charge on any atom is 0.145 e. The summed E-state index contributed by atoms with van der Waals surface area (Å²) < 4.78 is 5.30. The van der Waals surface area contributed by atoms with Crippen LogP contribution >= 0.6 is 11.6 Å². The third kappa shape index (κ3) is 2.04. The van der Waals surface area contributed by atoms with Gasteiger partial charge in [-0.15, -0.1) is 0 Å². The third-order valence-corrected chi connectivity index (χ3v) is 3.38. The Morgan fingerprint density at radius 3 is 2.80 bits per heavy atom. The number of nitrogens with zero attached hydrogens (tertiary/aromatic N) is 2. The van der Waals surface area contributed by atoms with Crippen molar-refractivity contribution in [3.63, 3.8) is 0 Å². The predicted molar refractivity (Wildman–Crippen MR) is 78.2 cm³/mol. The van der Waals surface area contributed by atoms with Crippen LogP contribution in [0.2, 0.25) is 5.02 Å². The first-order chi connectivity index (χ1) is 9.70. The van der Waals surface area contributed by atoms with Gasteiger partial charge in [0.05, 0.1) is 17.8 Å². The molecular formula is C15H11ClN2O2. The number of benzene rings is 2. The molecule has 1 heterocycles. The Labute approximate surface area is 120 Å². The van der Waals surface area contributed by atoms with Gasteiger partial charge in [-0.3, -0.25) is 0 Å². The van der Waals surface area contributed by atoms with Crippen molar-refractivity contribution in [2.45, 2.75) is 0 Å². The smallest absolute Gasteiger partial charge is 0.145 e. The Balaban J connectivity index is 2.34. The molecule has 0 fully saturated rings. The Kier molecular flexibility index (Phi) is 3.16. The van der Waals surface area contributed by atoms with Gasteiger partial charge < -0.3 is 9.84 Å². The van der Waals surface area contributed by atoms with Crippen LogP contribution in [0.4, 0.5) is 0 Å². The Hall–Kier alpha value is -2.33. The molecule has 20 heavy (non-hydrogen) atoms. The number of aromatic nitrogens is 2. The molecule has 4 nitrogen and oxygen atoms in total. The second-order valence-electron chi connectivity index (χ2n) is 4.24. The number of hydrogen-bond donors (Lipinski definition) is 1. The molecule has 0 aliphatic rings. The standard InChI is InChI=1S/C15H11ClN2O2/c1-20-13-4-2-3-10-14(17-8-18-15(10)13)11-7-9(19)5-6-12(11)16/h2-8,19H,1H3. The van der Waals surface area contributed by atoms with E-state index in [2.05, 4.69) is 9.97 Å². The van der Waals surface area contributed by atoms with Crippen LogP contribution in [0.15, 0.2) is 42.7 Å². The molecule has 0 saturated carbocycles. The van der Waals surface area contributed by atoms with Gasteiger partial charge in [-0.2, -0.15) is 0 Å². The molecule has 0 bridgehead atoms. The highest BCUT2D eigenvalue weighted by Crippen LogP contribution is 2.35. The number of fused-ring (bicyclic) bond motifs is 1. The van der Waals surface area contributed by atoms with E-state index in [0.29, 0.717) is 27.5 Å². The van der Waals surface area contributed by atoms with Crippen molar-refractivity contribution in [2.24, 2.45) is 0 Å². The number of phenolic OH excluding ortho intramolecular Hbond substituents is 1. The first kappa shape index (κ1) is 12.7. The molecule has 3 aromatic rings. The molecule has 3 rings (SSSR count). The summed E-state index contributed by atoms with van der Waals surface area (Å²) in [7, 11) is 1.60. The summed E-state index contributed by atoms with van der Waals surface area (Å²) >= 11 is 6.20. The predicted octanol–water partition coefficient (Wildman–Crippen LogP) is 3.66. The van der Waals surface area contributed by atoms with Gasteiger partial charge >= 0.3 is 0 Å². The number of para-hydroxylation sites is 1. The van der Waals surface area contributed by atoms with Crippen LogP contribution in [0.25, 0.3) is 22.2 Å². The number of ether oxygens (including phenoxy) is 1. The Morgan fingerprint density at radius 1 is 1.15 bits per heavy atom. The van der Waals surface area contributed by atoms with Gasteiger partial charge in [0.1, 0.15) is 23.3 Å². The molecule has 0 radical (unpaired) electrons. The fourth-order valence-electron chi connectivity index (χ4n) is 2.13. The van der Waals surface area contributed by atoms with E-state index in [4.69, 9.17) is 16.3 Å². The third-order valence-electron chi connectivity index (χ3n) is 3.05. The zero-order valence-electron chi connectivity index (χ0n) is 10.7. The monoisotopic (exact) mass is 286 g/mol. The van der Waals surface area contributed by atoms with Crippen LogP contribution < -0.4 is 4.74 Å². The van der Waals surface area contributed by atoms with E-state index in [0.717, 1.165) is 5.39 Å². The SMILES string of the molecule is COc1cccc2c(-c3cc(O)ccc3Cl)ncnc12. The normalized spacial score (nSPS) is 10.7. The Bertz CT molecular complexity index is 790. The maximum absolute atomic E-state index is 9.64. The lowest BCUT2D eigenvalue weighted by atomic mass is 10.1. The summed E-state index contributed by atoms with van der Waals surface area (Å²) in [6, 6.07) is 10.4. The lowest BCUT2D eigenvalue weighted by Crippen LogP contribution is -1.92. The van der Waals surface area contributed by atoms with E-state index in [1.165, 1.54) is 12.4 Å². The molecule has 0 spiro atoms. The zero-order chi connectivity index (χ0) is 14.1. The lowest BCUT2D eigenvalue weighted by molar-refractivity contribution is 0.419. The van der Waals surface area contributed by atoms with Crippen LogP contribution in [-0.2, 0) is 0 Å². The second-order valence-corrected chi connectivity index (χ2v) is 4.65. The molecule has 0 aliphatic heterocycles.